The number of fused-ring (bicyclic) bond motifs is 1. The first-order valence-electron chi connectivity index (χ1n) is 6.98. The van der Waals surface area contributed by atoms with Crippen molar-refractivity contribution in [3.05, 3.63) is 0 Å². The Bertz CT molecular complexity index is 324. The van der Waals surface area contributed by atoms with Crippen LogP contribution in [0.25, 0.3) is 0 Å². The van der Waals surface area contributed by atoms with E-state index in [1.54, 1.807) is 7.05 Å². The largest absolute Gasteiger partial charge is 0.445 e. The number of ether oxygens (including phenoxy) is 1. The van der Waals surface area contributed by atoms with Crippen molar-refractivity contribution in [3.8, 4) is 0 Å². The third kappa shape index (κ3) is 2.79. The van der Waals surface area contributed by atoms with Crippen LogP contribution < -0.4 is 5.32 Å². The Morgan fingerprint density at radius 1 is 1.50 bits per heavy atom. The lowest BCUT2D eigenvalue weighted by molar-refractivity contribution is 0.101. The molecule has 1 N–H and O–H groups in total. The van der Waals surface area contributed by atoms with Crippen molar-refractivity contribution in [2.45, 2.75) is 58.1 Å². The lowest BCUT2D eigenvalue weighted by Crippen LogP contribution is -2.41. The number of carbonyl (C=O) groups is 1. The van der Waals surface area contributed by atoms with Crippen molar-refractivity contribution in [2.75, 3.05) is 20.1 Å². The van der Waals surface area contributed by atoms with Crippen LogP contribution in [-0.4, -0.2) is 42.8 Å². The lowest BCUT2D eigenvalue weighted by Gasteiger charge is -2.37. The third-order valence-corrected chi connectivity index (χ3v) is 4.11. The average Bonchev–Trinajstić information content (AvgIpc) is 2.70. The monoisotopic (exact) mass is 254 g/mol. The summed E-state index contributed by atoms with van der Waals surface area (Å²) < 4.78 is 5.44. The molecule has 4 nitrogen and oxygen atoms in total. The van der Waals surface area contributed by atoms with Crippen LogP contribution in [-0.2, 0) is 4.74 Å². The number of amides is 1. The quantitative estimate of drug-likeness (QED) is 0.822. The van der Waals surface area contributed by atoms with E-state index in [-0.39, 0.29) is 17.7 Å². The van der Waals surface area contributed by atoms with E-state index in [0.29, 0.717) is 5.41 Å². The first kappa shape index (κ1) is 13.7. The topological polar surface area (TPSA) is 41.6 Å². The molecule has 0 spiro atoms. The summed E-state index contributed by atoms with van der Waals surface area (Å²) in [5, 5.41) is 2.54. The van der Waals surface area contributed by atoms with E-state index < -0.39 is 0 Å². The van der Waals surface area contributed by atoms with E-state index in [9.17, 15) is 4.79 Å². The Kier molecular flexibility index (Phi) is 3.58. The molecule has 0 saturated carbocycles. The van der Waals surface area contributed by atoms with Gasteiger partial charge in [-0.2, -0.15) is 0 Å². The minimum absolute atomic E-state index is 0.0626. The van der Waals surface area contributed by atoms with Crippen LogP contribution >= 0.6 is 0 Å². The van der Waals surface area contributed by atoms with Gasteiger partial charge in [-0.05, 0) is 31.2 Å². The number of hydrogen-bond acceptors (Lipinski definition) is 3. The summed E-state index contributed by atoms with van der Waals surface area (Å²) in [7, 11) is 1.61. The molecular weight excluding hydrogens is 228 g/mol. The normalized spacial score (nSPS) is 32.3. The van der Waals surface area contributed by atoms with Gasteiger partial charge < -0.3 is 10.1 Å². The van der Waals surface area contributed by atoms with Crippen molar-refractivity contribution in [3.63, 3.8) is 0 Å². The van der Waals surface area contributed by atoms with Crippen LogP contribution in [0.5, 0.6) is 0 Å². The van der Waals surface area contributed by atoms with E-state index in [0.717, 1.165) is 19.5 Å². The molecule has 0 aromatic rings. The molecule has 0 aromatic carbocycles. The SMILES string of the molecule is CNC(=O)O[C@@H]1CN2CCC[C@@]2(CC(C)(C)C)C1. The van der Waals surface area contributed by atoms with Crippen LogP contribution in [0.15, 0.2) is 0 Å². The van der Waals surface area contributed by atoms with Crippen LogP contribution in [0.2, 0.25) is 0 Å². The number of nitrogens with zero attached hydrogens (tertiary/aromatic N) is 1. The molecule has 104 valence electrons. The summed E-state index contributed by atoms with van der Waals surface area (Å²) in [6, 6.07) is 0. The molecule has 2 heterocycles. The fraction of sp³-hybridized carbons (Fsp3) is 0.929. The van der Waals surface area contributed by atoms with Crippen molar-refractivity contribution in [1.29, 1.82) is 0 Å². The van der Waals surface area contributed by atoms with E-state index in [4.69, 9.17) is 4.74 Å². The predicted molar refractivity (Wildman–Crippen MR) is 71.6 cm³/mol. The molecule has 0 aromatic heterocycles. The molecular formula is C14H26N2O2. The maximum atomic E-state index is 11.3. The second-order valence-electron chi connectivity index (χ2n) is 6.99. The number of carbonyl (C=O) groups excluding carboxylic acids is 1. The van der Waals surface area contributed by atoms with Gasteiger partial charge in [0.15, 0.2) is 0 Å². The molecule has 2 fully saturated rings. The van der Waals surface area contributed by atoms with Crippen molar-refractivity contribution < 1.29 is 9.53 Å². The van der Waals surface area contributed by atoms with E-state index >= 15 is 0 Å². The van der Waals surface area contributed by atoms with Gasteiger partial charge in [-0.1, -0.05) is 20.8 Å². The Hall–Kier alpha value is -0.770. The maximum absolute atomic E-state index is 11.3. The highest BCUT2D eigenvalue weighted by Crippen LogP contribution is 2.46. The molecule has 2 rings (SSSR count). The average molecular weight is 254 g/mol. The zero-order chi connectivity index (χ0) is 13.4. The highest BCUT2D eigenvalue weighted by molar-refractivity contribution is 5.66. The minimum Gasteiger partial charge on any atom is -0.445 e. The molecule has 18 heavy (non-hydrogen) atoms. The van der Waals surface area contributed by atoms with Gasteiger partial charge in [0.2, 0.25) is 0 Å². The van der Waals surface area contributed by atoms with Crippen LogP contribution in [0.1, 0.15) is 46.5 Å². The summed E-state index contributed by atoms with van der Waals surface area (Å²) in [6.07, 6.45) is 4.48. The Labute approximate surface area is 110 Å². The zero-order valence-corrected chi connectivity index (χ0v) is 12.1. The van der Waals surface area contributed by atoms with Gasteiger partial charge in [0, 0.05) is 25.6 Å². The molecule has 0 aliphatic carbocycles. The van der Waals surface area contributed by atoms with Gasteiger partial charge >= 0.3 is 6.09 Å². The molecule has 4 heteroatoms. The molecule has 2 saturated heterocycles. The van der Waals surface area contributed by atoms with Crippen molar-refractivity contribution in [1.82, 2.24) is 10.2 Å². The van der Waals surface area contributed by atoms with Crippen molar-refractivity contribution >= 4 is 6.09 Å². The van der Waals surface area contributed by atoms with Gasteiger partial charge in [-0.15, -0.1) is 0 Å². The van der Waals surface area contributed by atoms with E-state index in [1.807, 2.05) is 0 Å². The Morgan fingerprint density at radius 3 is 2.83 bits per heavy atom. The minimum atomic E-state index is -0.299. The van der Waals surface area contributed by atoms with Gasteiger partial charge in [0.05, 0.1) is 0 Å². The predicted octanol–water partition coefficient (Wildman–Crippen LogP) is 2.39. The lowest BCUT2D eigenvalue weighted by atomic mass is 9.77. The van der Waals surface area contributed by atoms with E-state index in [2.05, 4.69) is 31.0 Å². The van der Waals surface area contributed by atoms with E-state index in [1.165, 1.54) is 19.3 Å². The molecule has 2 aliphatic rings. The first-order chi connectivity index (χ1) is 8.35. The smallest absolute Gasteiger partial charge is 0.407 e. The molecule has 2 atom stereocenters. The van der Waals surface area contributed by atoms with Gasteiger partial charge in [0.1, 0.15) is 6.10 Å². The fourth-order valence-electron chi connectivity index (χ4n) is 3.79. The third-order valence-electron chi connectivity index (χ3n) is 4.11. The Morgan fingerprint density at radius 2 is 2.22 bits per heavy atom. The van der Waals surface area contributed by atoms with Crippen molar-refractivity contribution in [2.24, 2.45) is 5.41 Å². The number of rotatable bonds is 2. The van der Waals surface area contributed by atoms with Crippen LogP contribution in [0.4, 0.5) is 4.79 Å². The number of hydrogen-bond donors (Lipinski definition) is 1. The van der Waals surface area contributed by atoms with Gasteiger partial charge in [-0.3, -0.25) is 4.90 Å². The Balaban J connectivity index is 2.03. The van der Waals surface area contributed by atoms with Gasteiger partial charge in [-0.25, -0.2) is 4.79 Å². The summed E-state index contributed by atoms with van der Waals surface area (Å²) in [5.41, 5.74) is 0.599. The fourth-order valence-corrected chi connectivity index (χ4v) is 3.79. The maximum Gasteiger partial charge on any atom is 0.407 e. The molecule has 2 aliphatic heterocycles. The molecule has 0 radical (unpaired) electrons. The standard InChI is InChI=1S/C14H26N2O2/c1-13(2,3)10-14-6-5-7-16(14)9-11(8-14)18-12(17)15-4/h11H,5-10H2,1-4H3,(H,15,17)/t11-,14-/m0/s1. The van der Waals surface area contributed by atoms with Crippen LogP contribution in [0, 0.1) is 5.41 Å². The molecule has 0 unspecified atom stereocenters. The van der Waals surface area contributed by atoms with Gasteiger partial charge in [0.25, 0.3) is 0 Å². The number of nitrogens with one attached hydrogen (secondary N) is 1. The summed E-state index contributed by atoms with van der Waals surface area (Å²) in [4.78, 5) is 13.9. The molecule has 0 bridgehead atoms. The highest BCUT2D eigenvalue weighted by atomic mass is 16.6. The number of alkyl carbamates (subject to hydrolysis) is 1. The second kappa shape index (κ2) is 4.72. The molecule has 1 amide bonds. The summed E-state index contributed by atoms with van der Waals surface area (Å²) >= 11 is 0. The summed E-state index contributed by atoms with van der Waals surface area (Å²) in [6.45, 7) is 8.95. The van der Waals surface area contributed by atoms with Crippen LogP contribution in [0.3, 0.4) is 0 Å². The second-order valence-corrected chi connectivity index (χ2v) is 6.99. The first-order valence-corrected chi connectivity index (χ1v) is 6.98. The zero-order valence-electron chi connectivity index (χ0n) is 12.1. The highest BCUT2D eigenvalue weighted by Gasteiger charge is 2.50. The summed E-state index contributed by atoms with van der Waals surface area (Å²) in [5.74, 6) is 0.